The lowest BCUT2D eigenvalue weighted by Crippen LogP contribution is -2.52. The van der Waals surface area contributed by atoms with Gasteiger partial charge in [-0.2, -0.15) is 0 Å². The molecule has 0 aliphatic heterocycles. The summed E-state index contributed by atoms with van der Waals surface area (Å²) in [6, 6.07) is 7.09. The van der Waals surface area contributed by atoms with Gasteiger partial charge >= 0.3 is 0 Å². The zero-order valence-corrected chi connectivity index (χ0v) is 14.1. The number of hydrogen-bond acceptors (Lipinski definition) is 1. The summed E-state index contributed by atoms with van der Waals surface area (Å²) >= 11 is 0. The SMILES string of the molecule is CC(C)c1ccc2c(c1)CC[C@H]1C(C)(C)C(=O)CC[C@]21C. The molecule has 0 bridgehead atoms. The molecule has 2 aliphatic rings. The number of benzene rings is 1. The Kier molecular flexibility index (Phi) is 3.31. The van der Waals surface area contributed by atoms with Crippen LogP contribution in [0.5, 0.6) is 0 Å². The maximum atomic E-state index is 12.4. The minimum atomic E-state index is -0.165. The second-order valence-corrected chi connectivity index (χ2v) is 8.22. The van der Waals surface area contributed by atoms with Gasteiger partial charge < -0.3 is 0 Å². The van der Waals surface area contributed by atoms with Crippen LogP contribution in [-0.4, -0.2) is 5.78 Å². The van der Waals surface area contributed by atoms with Crippen LogP contribution in [0.25, 0.3) is 0 Å². The van der Waals surface area contributed by atoms with Crippen molar-refractivity contribution in [2.75, 3.05) is 0 Å². The largest absolute Gasteiger partial charge is 0.299 e. The molecule has 0 radical (unpaired) electrons. The normalized spacial score (nSPS) is 31.0. The lowest BCUT2D eigenvalue weighted by molar-refractivity contribution is -0.137. The lowest BCUT2D eigenvalue weighted by atomic mass is 9.50. The van der Waals surface area contributed by atoms with Crippen LogP contribution < -0.4 is 0 Å². The fourth-order valence-corrected chi connectivity index (χ4v) is 4.90. The first-order chi connectivity index (χ1) is 9.76. The molecule has 0 unspecified atom stereocenters. The molecule has 1 heteroatoms. The quantitative estimate of drug-likeness (QED) is 0.707. The van der Waals surface area contributed by atoms with Crippen LogP contribution >= 0.6 is 0 Å². The standard InChI is InChI=1S/C20H28O/c1-13(2)14-6-8-16-15(12-14)7-9-17-19(3,4)18(21)10-11-20(16,17)5/h6,8,12-13,17H,7,9-11H2,1-5H3/t17-,20+/m0/s1. The van der Waals surface area contributed by atoms with Gasteiger partial charge in [-0.15, -0.1) is 0 Å². The number of Topliss-reactive ketones (excluding diaryl/α,β-unsaturated/α-hetero) is 1. The summed E-state index contributed by atoms with van der Waals surface area (Å²) in [4.78, 5) is 12.4. The van der Waals surface area contributed by atoms with E-state index < -0.39 is 0 Å². The van der Waals surface area contributed by atoms with E-state index in [0.717, 1.165) is 25.7 Å². The van der Waals surface area contributed by atoms with Gasteiger partial charge in [0, 0.05) is 11.8 Å². The van der Waals surface area contributed by atoms with Gasteiger partial charge in [0.25, 0.3) is 0 Å². The van der Waals surface area contributed by atoms with Gasteiger partial charge in [-0.05, 0) is 53.2 Å². The maximum Gasteiger partial charge on any atom is 0.138 e. The van der Waals surface area contributed by atoms with E-state index in [1.165, 1.54) is 16.7 Å². The summed E-state index contributed by atoms with van der Waals surface area (Å²) in [6.45, 7) is 11.3. The van der Waals surface area contributed by atoms with Crippen molar-refractivity contribution in [1.29, 1.82) is 0 Å². The second-order valence-electron chi connectivity index (χ2n) is 8.22. The summed E-state index contributed by atoms with van der Waals surface area (Å²) in [7, 11) is 0. The van der Waals surface area contributed by atoms with E-state index in [1.807, 2.05) is 0 Å². The van der Waals surface area contributed by atoms with Crippen LogP contribution in [-0.2, 0) is 16.6 Å². The van der Waals surface area contributed by atoms with Crippen LogP contribution in [0.2, 0.25) is 0 Å². The van der Waals surface area contributed by atoms with Gasteiger partial charge in [-0.1, -0.05) is 52.8 Å². The Bertz CT molecular complexity index is 582. The predicted octanol–water partition coefficient (Wildman–Crippen LogP) is 5.02. The number of carbonyl (C=O) groups excluding carboxylic acids is 1. The zero-order valence-electron chi connectivity index (χ0n) is 14.1. The van der Waals surface area contributed by atoms with Crippen LogP contribution in [0.15, 0.2) is 18.2 Å². The van der Waals surface area contributed by atoms with Crippen molar-refractivity contribution < 1.29 is 4.79 Å². The molecule has 1 aromatic rings. The molecule has 1 nitrogen and oxygen atoms in total. The van der Waals surface area contributed by atoms with Crippen molar-refractivity contribution in [2.45, 2.75) is 71.6 Å². The van der Waals surface area contributed by atoms with Crippen molar-refractivity contribution in [2.24, 2.45) is 11.3 Å². The average Bonchev–Trinajstić information content (AvgIpc) is 2.43. The highest BCUT2D eigenvalue weighted by Gasteiger charge is 2.53. The molecule has 0 saturated heterocycles. The Balaban J connectivity index is 2.08. The fourth-order valence-electron chi connectivity index (χ4n) is 4.90. The summed E-state index contributed by atoms with van der Waals surface area (Å²) in [5, 5.41) is 0. The molecule has 2 atom stereocenters. The van der Waals surface area contributed by atoms with Crippen molar-refractivity contribution in [3.63, 3.8) is 0 Å². The third-order valence-corrected chi connectivity index (χ3v) is 6.34. The van der Waals surface area contributed by atoms with E-state index in [0.29, 0.717) is 17.6 Å². The van der Waals surface area contributed by atoms with E-state index in [2.05, 4.69) is 52.8 Å². The van der Waals surface area contributed by atoms with Gasteiger partial charge in [0.15, 0.2) is 0 Å². The van der Waals surface area contributed by atoms with Crippen LogP contribution in [0, 0.1) is 11.3 Å². The molecule has 0 aromatic heterocycles. The van der Waals surface area contributed by atoms with Gasteiger partial charge in [-0.3, -0.25) is 4.79 Å². The third kappa shape index (κ3) is 2.08. The van der Waals surface area contributed by atoms with E-state index >= 15 is 0 Å². The molecule has 0 amide bonds. The second kappa shape index (κ2) is 4.69. The third-order valence-electron chi connectivity index (χ3n) is 6.34. The molecule has 1 aromatic carbocycles. The summed E-state index contributed by atoms with van der Waals surface area (Å²) in [5.41, 5.74) is 4.51. The Morgan fingerprint density at radius 1 is 1.14 bits per heavy atom. The molecule has 2 aliphatic carbocycles. The van der Waals surface area contributed by atoms with Crippen LogP contribution in [0.1, 0.15) is 76.5 Å². The maximum absolute atomic E-state index is 12.4. The van der Waals surface area contributed by atoms with Crippen molar-refractivity contribution in [3.8, 4) is 0 Å². The molecule has 0 heterocycles. The molecule has 114 valence electrons. The topological polar surface area (TPSA) is 17.1 Å². The molecule has 21 heavy (non-hydrogen) atoms. The van der Waals surface area contributed by atoms with E-state index in [4.69, 9.17) is 0 Å². The summed E-state index contributed by atoms with van der Waals surface area (Å²) in [5.74, 6) is 1.54. The van der Waals surface area contributed by atoms with Crippen LogP contribution in [0.3, 0.4) is 0 Å². The Morgan fingerprint density at radius 3 is 2.52 bits per heavy atom. The van der Waals surface area contributed by atoms with Gasteiger partial charge in [0.1, 0.15) is 5.78 Å². The number of ketones is 1. The number of aryl methyl sites for hydroxylation is 1. The number of carbonyl (C=O) groups is 1. The zero-order chi connectivity index (χ0) is 15.4. The first-order valence-corrected chi connectivity index (χ1v) is 8.43. The highest BCUT2D eigenvalue weighted by Crippen LogP contribution is 2.55. The van der Waals surface area contributed by atoms with Gasteiger partial charge in [0.05, 0.1) is 0 Å². The van der Waals surface area contributed by atoms with Crippen LogP contribution in [0.4, 0.5) is 0 Å². The smallest absolute Gasteiger partial charge is 0.138 e. The highest BCUT2D eigenvalue weighted by atomic mass is 16.1. The van der Waals surface area contributed by atoms with E-state index in [9.17, 15) is 4.79 Å². The predicted molar refractivity (Wildman–Crippen MR) is 87.7 cm³/mol. The monoisotopic (exact) mass is 284 g/mol. The first kappa shape index (κ1) is 14.8. The number of hydrogen-bond donors (Lipinski definition) is 0. The lowest BCUT2D eigenvalue weighted by Gasteiger charge is -2.53. The van der Waals surface area contributed by atoms with Crippen molar-refractivity contribution in [1.82, 2.24) is 0 Å². The van der Waals surface area contributed by atoms with E-state index in [-0.39, 0.29) is 10.8 Å². The molecule has 1 fully saturated rings. The summed E-state index contributed by atoms with van der Waals surface area (Å²) in [6.07, 6.45) is 4.05. The number of rotatable bonds is 1. The molecule has 0 N–H and O–H groups in total. The average molecular weight is 284 g/mol. The fraction of sp³-hybridized carbons (Fsp3) is 0.650. The molecular weight excluding hydrogens is 256 g/mol. The van der Waals surface area contributed by atoms with E-state index in [1.54, 1.807) is 0 Å². The molecule has 1 saturated carbocycles. The minimum Gasteiger partial charge on any atom is -0.299 e. The van der Waals surface area contributed by atoms with Gasteiger partial charge in [-0.25, -0.2) is 0 Å². The molecule has 3 rings (SSSR count). The minimum absolute atomic E-state index is 0.165. The molecular formula is C20H28O. The highest BCUT2D eigenvalue weighted by molar-refractivity contribution is 5.86. The first-order valence-electron chi connectivity index (χ1n) is 8.43. The summed E-state index contributed by atoms with van der Waals surface area (Å²) < 4.78 is 0. The number of fused-ring (bicyclic) bond motifs is 3. The van der Waals surface area contributed by atoms with Gasteiger partial charge in [0.2, 0.25) is 0 Å². The molecule has 0 spiro atoms. The van der Waals surface area contributed by atoms with Crippen molar-refractivity contribution >= 4 is 5.78 Å². The van der Waals surface area contributed by atoms with Crippen molar-refractivity contribution in [3.05, 3.63) is 34.9 Å². The Hall–Kier alpha value is -1.11. The Morgan fingerprint density at radius 2 is 1.86 bits per heavy atom. The Labute approximate surface area is 129 Å².